The van der Waals surface area contributed by atoms with Crippen molar-refractivity contribution in [3.05, 3.63) is 22.4 Å². The van der Waals surface area contributed by atoms with Gasteiger partial charge in [-0.1, -0.05) is 20.8 Å². The van der Waals surface area contributed by atoms with Crippen molar-refractivity contribution < 1.29 is 4.79 Å². The van der Waals surface area contributed by atoms with Crippen molar-refractivity contribution in [1.29, 1.82) is 0 Å². The van der Waals surface area contributed by atoms with Crippen molar-refractivity contribution in [3.8, 4) is 0 Å². The molecule has 0 bridgehead atoms. The fourth-order valence-corrected chi connectivity index (χ4v) is 5.31. The molecule has 170 valence electrons. The number of piperidine rings is 1. The highest BCUT2D eigenvalue weighted by molar-refractivity contribution is 14.0. The maximum Gasteiger partial charge on any atom is 0.236 e. The summed E-state index contributed by atoms with van der Waals surface area (Å²) in [7, 11) is 1.85. The number of nitrogens with one attached hydrogen (secondary N) is 1. The number of piperazine rings is 1. The van der Waals surface area contributed by atoms with Gasteiger partial charge >= 0.3 is 0 Å². The first-order valence-electron chi connectivity index (χ1n) is 10.9. The van der Waals surface area contributed by atoms with Gasteiger partial charge in [0.25, 0.3) is 0 Å². The van der Waals surface area contributed by atoms with Crippen LogP contribution in [0.3, 0.4) is 0 Å². The molecule has 30 heavy (non-hydrogen) atoms. The fourth-order valence-electron chi connectivity index (χ4n) is 4.53. The predicted molar refractivity (Wildman–Crippen MR) is 137 cm³/mol. The predicted octanol–water partition coefficient (Wildman–Crippen LogP) is 3.17. The van der Waals surface area contributed by atoms with Crippen molar-refractivity contribution in [3.63, 3.8) is 0 Å². The Balaban J connectivity index is 0.00000320. The second kappa shape index (κ2) is 12.2. The molecule has 2 saturated heterocycles. The third-order valence-electron chi connectivity index (χ3n) is 6.14. The first kappa shape index (κ1) is 25.4. The monoisotopic (exact) mass is 547 g/mol. The van der Waals surface area contributed by atoms with E-state index in [4.69, 9.17) is 0 Å². The van der Waals surface area contributed by atoms with Crippen LogP contribution in [0.5, 0.6) is 0 Å². The maximum absolute atomic E-state index is 12.8. The Morgan fingerprint density at radius 3 is 2.43 bits per heavy atom. The van der Waals surface area contributed by atoms with Gasteiger partial charge in [0.1, 0.15) is 0 Å². The Morgan fingerprint density at radius 1 is 1.20 bits per heavy atom. The standard InChI is InChI=1S/C22H37N5OS.HI/c1-17-11-18(2)14-27(13-17)21(28)15-25-6-8-26(9-7-25)22(23-4)24-12-19(3)20-5-10-29-16-20;/h5,10,16-19H,6-9,11-15H2,1-4H3,(H,23,24);1H. The molecule has 2 aliphatic heterocycles. The number of aliphatic imine (C=N–C) groups is 1. The molecule has 0 radical (unpaired) electrons. The number of carbonyl (C=O) groups excluding carboxylic acids is 1. The topological polar surface area (TPSA) is 51.2 Å². The summed E-state index contributed by atoms with van der Waals surface area (Å²) < 4.78 is 0. The lowest BCUT2D eigenvalue weighted by molar-refractivity contribution is -0.135. The maximum atomic E-state index is 12.8. The van der Waals surface area contributed by atoms with E-state index in [9.17, 15) is 4.79 Å². The van der Waals surface area contributed by atoms with Crippen molar-refractivity contribution in [2.24, 2.45) is 16.8 Å². The van der Waals surface area contributed by atoms with Gasteiger partial charge < -0.3 is 15.1 Å². The molecular formula is C22H38IN5OS. The van der Waals surface area contributed by atoms with Gasteiger partial charge in [-0.3, -0.25) is 14.7 Å². The highest BCUT2D eigenvalue weighted by atomic mass is 127. The number of amides is 1. The summed E-state index contributed by atoms with van der Waals surface area (Å²) in [6, 6.07) is 2.19. The first-order chi connectivity index (χ1) is 14.0. The molecule has 0 saturated carbocycles. The Morgan fingerprint density at radius 2 is 1.87 bits per heavy atom. The minimum absolute atomic E-state index is 0. The zero-order valence-corrected chi connectivity index (χ0v) is 22.0. The van der Waals surface area contributed by atoms with Crippen LogP contribution in [0.15, 0.2) is 21.8 Å². The molecule has 3 heterocycles. The minimum atomic E-state index is 0. The third-order valence-corrected chi connectivity index (χ3v) is 6.84. The molecule has 0 aromatic carbocycles. The van der Waals surface area contributed by atoms with Crippen molar-refractivity contribution in [1.82, 2.24) is 20.0 Å². The molecule has 3 atom stereocenters. The number of hydrogen-bond acceptors (Lipinski definition) is 4. The second-order valence-electron chi connectivity index (χ2n) is 8.89. The van der Waals surface area contributed by atoms with E-state index in [-0.39, 0.29) is 24.0 Å². The van der Waals surface area contributed by atoms with E-state index < -0.39 is 0 Å². The van der Waals surface area contributed by atoms with E-state index in [0.29, 0.717) is 30.2 Å². The number of carbonyl (C=O) groups is 1. The molecule has 8 heteroatoms. The van der Waals surface area contributed by atoms with Gasteiger partial charge in [-0.2, -0.15) is 11.3 Å². The lowest BCUT2D eigenvalue weighted by Crippen LogP contribution is -2.55. The molecule has 0 spiro atoms. The van der Waals surface area contributed by atoms with Crippen LogP contribution in [0.25, 0.3) is 0 Å². The van der Waals surface area contributed by atoms with Crippen LogP contribution in [0.1, 0.15) is 38.7 Å². The van der Waals surface area contributed by atoms with Crippen LogP contribution >= 0.6 is 35.3 Å². The van der Waals surface area contributed by atoms with Gasteiger partial charge in [-0.25, -0.2) is 0 Å². The normalized spacial score (nSPS) is 24.3. The molecule has 1 aromatic heterocycles. The fraction of sp³-hybridized carbons (Fsp3) is 0.727. The van der Waals surface area contributed by atoms with Crippen LogP contribution in [0.2, 0.25) is 0 Å². The number of thiophene rings is 1. The highest BCUT2D eigenvalue weighted by Gasteiger charge is 2.28. The van der Waals surface area contributed by atoms with Gasteiger partial charge in [-0.15, -0.1) is 24.0 Å². The third kappa shape index (κ3) is 7.09. The zero-order chi connectivity index (χ0) is 20.8. The smallest absolute Gasteiger partial charge is 0.236 e. The molecule has 3 unspecified atom stereocenters. The average molecular weight is 548 g/mol. The SMILES string of the molecule is CN=C(NCC(C)c1ccsc1)N1CCN(CC(=O)N2CC(C)CC(C)C2)CC1.I. The Hall–Kier alpha value is -0.870. The molecule has 2 fully saturated rings. The van der Waals surface area contributed by atoms with Crippen LogP contribution in [-0.2, 0) is 4.79 Å². The summed E-state index contributed by atoms with van der Waals surface area (Å²) in [5.74, 6) is 2.96. The molecule has 1 N–H and O–H groups in total. The average Bonchev–Trinajstić information content (AvgIpc) is 3.23. The molecular weight excluding hydrogens is 509 g/mol. The lowest BCUT2D eigenvalue weighted by atomic mass is 9.92. The number of nitrogens with zero attached hydrogens (tertiary/aromatic N) is 4. The molecule has 0 aliphatic carbocycles. The summed E-state index contributed by atoms with van der Waals surface area (Å²) in [4.78, 5) is 23.9. The summed E-state index contributed by atoms with van der Waals surface area (Å²) in [6.07, 6.45) is 1.24. The lowest BCUT2D eigenvalue weighted by Gasteiger charge is -2.39. The van der Waals surface area contributed by atoms with Crippen LogP contribution < -0.4 is 5.32 Å². The van der Waals surface area contributed by atoms with Crippen molar-refractivity contribution in [2.45, 2.75) is 33.1 Å². The number of guanidine groups is 1. The van der Waals surface area contributed by atoms with Crippen LogP contribution in [0, 0.1) is 11.8 Å². The first-order valence-corrected chi connectivity index (χ1v) is 11.9. The zero-order valence-electron chi connectivity index (χ0n) is 18.8. The van der Waals surface area contributed by atoms with Crippen molar-refractivity contribution in [2.75, 3.05) is 59.4 Å². The molecule has 6 nitrogen and oxygen atoms in total. The Bertz CT molecular complexity index is 665. The van der Waals surface area contributed by atoms with E-state index in [0.717, 1.165) is 51.8 Å². The number of hydrogen-bond donors (Lipinski definition) is 1. The van der Waals surface area contributed by atoms with E-state index in [1.165, 1.54) is 12.0 Å². The van der Waals surface area contributed by atoms with E-state index in [1.54, 1.807) is 11.3 Å². The summed E-state index contributed by atoms with van der Waals surface area (Å²) >= 11 is 1.75. The molecule has 3 rings (SSSR count). The Labute approximate surface area is 203 Å². The minimum Gasteiger partial charge on any atom is -0.356 e. The largest absolute Gasteiger partial charge is 0.356 e. The number of halogens is 1. The van der Waals surface area contributed by atoms with Gasteiger partial charge in [-0.05, 0) is 46.6 Å². The molecule has 1 amide bonds. The van der Waals surface area contributed by atoms with Crippen LogP contribution in [-0.4, -0.2) is 86.0 Å². The summed E-state index contributed by atoms with van der Waals surface area (Å²) in [6.45, 7) is 13.7. The van der Waals surface area contributed by atoms with Gasteiger partial charge in [0.2, 0.25) is 5.91 Å². The summed E-state index contributed by atoms with van der Waals surface area (Å²) in [5.41, 5.74) is 1.38. The summed E-state index contributed by atoms with van der Waals surface area (Å²) in [5, 5.41) is 7.88. The van der Waals surface area contributed by atoms with E-state index in [1.807, 2.05) is 7.05 Å². The van der Waals surface area contributed by atoms with Gasteiger partial charge in [0, 0.05) is 52.9 Å². The van der Waals surface area contributed by atoms with Gasteiger partial charge in [0.05, 0.1) is 6.54 Å². The van der Waals surface area contributed by atoms with Crippen molar-refractivity contribution >= 4 is 47.2 Å². The number of rotatable bonds is 5. The Kier molecular flexibility index (Phi) is 10.4. The number of likely N-dealkylation sites (tertiary alicyclic amines) is 1. The van der Waals surface area contributed by atoms with E-state index in [2.05, 4.69) is 62.6 Å². The van der Waals surface area contributed by atoms with Crippen LogP contribution in [0.4, 0.5) is 0 Å². The second-order valence-corrected chi connectivity index (χ2v) is 9.67. The molecule has 2 aliphatic rings. The van der Waals surface area contributed by atoms with E-state index >= 15 is 0 Å². The quantitative estimate of drug-likeness (QED) is 0.350. The highest BCUT2D eigenvalue weighted by Crippen LogP contribution is 2.21. The molecule has 1 aromatic rings. The van der Waals surface area contributed by atoms with Gasteiger partial charge in [0.15, 0.2) is 5.96 Å².